The van der Waals surface area contributed by atoms with Crippen LogP contribution in [0.2, 0.25) is 0 Å². The molecule has 1 aliphatic heterocycles. The predicted octanol–water partition coefficient (Wildman–Crippen LogP) is 2.57. The molecule has 0 radical (unpaired) electrons. The Balaban J connectivity index is 0.00000148. The number of aromatic nitrogens is 5. The topological polar surface area (TPSA) is 197 Å². The maximum Gasteiger partial charge on any atom is 0.435 e. The van der Waals surface area contributed by atoms with Crippen molar-refractivity contribution in [1.82, 2.24) is 34.4 Å². The number of likely N-dealkylation sites (tertiary alicyclic amines) is 1. The van der Waals surface area contributed by atoms with E-state index in [1.54, 1.807) is 36.1 Å². The van der Waals surface area contributed by atoms with E-state index in [0.717, 1.165) is 23.7 Å². The Labute approximate surface area is 254 Å². The summed E-state index contributed by atoms with van der Waals surface area (Å²) in [5.41, 5.74) is 6.49. The van der Waals surface area contributed by atoms with E-state index in [9.17, 15) is 22.8 Å². The second kappa shape index (κ2) is 13.9. The molecule has 5 rings (SSSR count). The summed E-state index contributed by atoms with van der Waals surface area (Å²) in [7, 11) is 0. The van der Waals surface area contributed by atoms with Crippen LogP contribution in [0.4, 0.5) is 24.7 Å². The van der Waals surface area contributed by atoms with Crippen LogP contribution in [0.5, 0.6) is 0 Å². The maximum atomic E-state index is 13.7. The van der Waals surface area contributed by atoms with Gasteiger partial charge in [-0.3, -0.25) is 23.5 Å². The number of hydrogen-bond acceptors (Lipinski definition) is 9. The van der Waals surface area contributed by atoms with Gasteiger partial charge in [0.25, 0.3) is 12.4 Å². The van der Waals surface area contributed by atoms with Gasteiger partial charge in [-0.1, -0.05) is 0 Å². The van der Waals surface area contributed by atoms with Crippen molar-refractivity contribution in [2.75, 3.05) is 25.0 Å². The molecule has 0 bridgehead atoms. The molecule has 2 amide bonds. The van der Waals surface area contributed by atoms with Crippen LogP contribution in [0.3, 0.4) is 0 Å². The van der Waals surface area contributed by atoms with Gasteiger partial charge in [0.2, 0.25) is 5.91 Å². The minimum absolute atomic E-state index is 0.0960. The van der Waals surface area contributed by atoms with Crippen LogP contribution in [0, 0.1) is 18.3 Å². The Morgan fingerprint density at radius 2 is 1.96 bits per heavy atom. The maximum absolute atomic E-state index is 13.7. The van der Waals surface area contributed by atoms with Gasteiger partial charge in [0.1, 0.15) is 6.54 Å². The molecule has 0 spiro atoms. The number of aryl methyl sites for hydroxylation is 1. The first kappa shape index (κ1) is 32.4. The van der Waals surface area contributed by atoms with Gasteiger partial charge in [0.05, 0.1) is 30.1 Å². The third-order valence-electron chi connectivity index (χ3n) is 6.99. The largest absolute Gasteiger partial charge is 0.483 e. The van der Waals surface area contributed by atoms with E-state index in [1.807, 2.05) is 0 Å². The summed E-state index contributed by atoms with van der Waals surface area (Å²) in [6, 6.07) is 6.85. The average molecular weight is 627 g/mol. The minimum Gasteiger partial charge on any atom is -0.483 e. The Morgan fingerprint density at radius 3 is 2.60 bits per heavy atom. The van der Waals surface area contributed by atoms with E-state index in [4.69, 9.17) is 20.9 Å². The fourth-order valence-electron chi connectivity index (χ4n) is 4.82. The number of carboxylic acid groups (broad SMARTS) is 1. The SMILES string of the molecule is Cc1cc(Nc2nccn3c(-c4cn(CC#N)nc4C(F)(F)F)cnc23)ccc1C(=O)NCC(=O)N1CCC(N)CC1.O=CO. The van der Waals surface area contributed by atoms with Crippen LogP contribution in [0.1, 0.15) is 34.5 Å². The van der Waals surface area contributed by atoms with Gasteiger partial charge in [-0.2, -0.15) is 23.5 Å². The van der Waals surface area contributed by atoms with Crippen LogP contribution in [0.15, 0.2) is 43.0 Å². The summed E-state index contributed by atoms with van der Waals surface area (Å²) in [5.74, 6) is -0.286. The Kier molecular flexibility index (Phi) is 9.98. The minimum atomic E-state index is -4.74. The van der Waals surface area contributed by atoms with Crippen LogP contribution >= 0.6 is 0 Å². The third kappa shape index (κ3) is 7.54. The second-order valence-electron chi connectivity index (χ2n) is 10.0. The van der Waals surface area contributed by atoms with Gasteiger partial charge < -0.3 is 26.4 Å². The highest BCUT2D eigenvalue weighted by Crippen LogP contribution is 2.37. The van der Waals surface area contributed by atoms with E-state index in [2.05, 4.69) is 25.7 Å². The molecule has 4 aromatic rings. The molecular formula is C28H29F3N10O4. The fourth-order valence-corrected chi connectivity index (χ4v) is 4.82. The molecule has 1 fully saturated rings. The highest BCUT2D eigenvalue weighted by molar-refractivity contribution is 5.98. The van der Waals surface area contributed by atoms with E-state index >= 15 is 0 Å². The van der Waals surface area contributed by atoms with E-state index in [0.29, 0.717) is 29.9 Å². The number of nitrogens with two attached hydrogens (primary N) is 1. The number of amides is 2. The number of rotatable bonds is 7. The Bertz CT molecular complexity index is 1740. The van der Waals surface area contributed by atoms with Crippen molar-refractivity contribution in [3.05, 3.63) is 59.8 Å². The summed E-state index contributed by atoms with van der Waals surface area (Å²) in [6.45, 7) is 2.18. The number of carbonyl (C=O) groups is 3. The van der Waals surface area contributed by atoms with Gasteiger partial charge in [0.15, 0.2) is 17.2 Å². The number of benzene rings is 1. The van der Waals surface area contributed by atoms with Gasteiger partial charge in [0, 0.05) is 49.0 Å². The number of nitriles is 1. The van der Waals surface area contributed by atoms with Crippen molar-refractivity contribution >= 4 is 35.4 Å². The van der Waals surface area contributed by atoms with Crippen molar-refractivity contribution < 1.29 is 32.7 Å². The molecule has 1 aromatic carbocycles. The normalized spacial score (nSPS) is 13.5. The first-order valence-electron chi connectivity index (χ1n) is 13.6. The predicted molar refractivity (Wildman–Crippen MR) is 154 cm³/mol. The van der Waals surface area contributed by atoms with Gasteiger partial charge in [-0.05, 0) is 43.5 Å². The zero-order valence-corrected chi connectivity index (χ0v) is 24.0. The van der Waals surface area contributed by atoms with Gasteiger partial charge >= 0.3 is 6.18 Å². The average Bonchev–Trinajstić information content (AvgIpc) is 3.62. The highest BCUT2D eigenvalue weighted by atomic mass is 19.4. The van der Waals surface area contributed by atoms with Crippen LogP contribution < -0.4 is 16.4 Å². The number of anilines is 2. The number of alkyl halides is 3. The zero-order valence-electron chi connectivity index (χ0n) is 24.0. The molecule has 0 aliphatic carbocycles. The first-order chi connectivity index (χ1) is 21.5. The quantitative estimate of drug-likeness (QED) is 0.221. The number of nitrogens with one attached hydrogen (secondary N) is 2. The molecule has 0 saturated carbocycles. The highest BCUT2D eigenvalue weighted by Gasteiger charge is 2.38. The number of imidazole rings is 1. The van der Waals surface area contributed by atoms with E-state index in [-0.39, 0.29) is 54.2 Å². The van der Waals surface area contributed by atoms with Crippen LogP contribution in [-0.2, 0) is 22.3 Å². The van der Waals surface area contributed by atoms with Crippen molar-refractivity contribution in [1.29, 1.82) is 5.26 Å². The van der Waals surface area contributed by atoms with Crippen molar-refractivity contribution in [2.24, 2.45) is 5.73 Å². The lowest BCUT2D eigenvalue weighted by molar-refractivity contribution is -0.141. The number of hydrogen-bond donors (Lipinski definition) is 4. The number of carbonyl (C=O) groups excluding carboxylic acids is 2. The Morgan fingerprint density at radius 1 is 1.24 bits per heavy atom. The summed E-state index contributed by atoms with van der Waals surface area (Å²) in [6.07, 6.45) is 2.05. The number of nitrogens with zero attached hydrogens (tertiary/aromatic N) is 7. The number of piperidine rings is 1. The lowest BCUT2D eigenvalue weighted by Crippen LogP contribution is -2.46. The standard InChI is InChI=1S/C27H27F3N10O2.CH2O2/c1-16-12-18(2-3-19(16)26(42)35-14-22(41)38-8-4-17(32)5-9-38)36-24-25-34-13-21(40(25)11-7-33-24)20-15-39(10-6-31)37-23(20)27(28,29)30;2-1-3/h2-3,7,11-13,15,17H,4-5,8-10,14,32H2,1H3,(H,33,36)(H,35,42);1H,(H,2,3). The monoisotopic (exact) mass is 626 g/mol. The lowest BCUT2D eigenvalue weighted by atomic mass is 10.1. The van der Waals surface area contributed by atoms with Crippen molar-refractivity contribution in [3.63, 3.8) is 0 Å². The van der Waals surface area contributed by atoms with Crippen LogP contribution in [-0.4, -0.2) is 78.1 Å². The summed E-state index contributed by atoms with van der Waals surface area (Å²) in [5, 5.41) is 25.1. The van der Waals surface area contributed by atoms with Crippen molar-refractivity contribution in [2.45, 2.75) is 38.5 Å². The first-order valence-corrected chi connectivity index (χ1v) is 13.6. The fraction of sp³-hybridized carbons (Fsp3) is 0.321. The lowest BCUT2D eigenvalue weighted by Gasteiger charge is -2.30. The third-order valence-corrected chi connectivity index (χ3v) is 6.99. The molecule has 236 valence electrons. The molecule has 17 heteroatoms. The van der Waals surface area contributed by atoms with E-state index in [1.165, 1.54) is 23.0 Å². The second-order valence-corrected chi connectivity index (χ2v) is 10.0. The Hall–Kier alpha value is -5.50. The molecule has 0 unspecified atom stereocenters. The number of halogens is 3. The molecule has 1 saturated heterocycles. The molecule has 1 aliphatic rings. The zero-order chi connectivity index (χ0) is 32.7. The summed E-state index contributed by atoms with van der Waals surface area (Å²) >= 11 is 0. The van der Waals surface area contributed by atoms with E-state index < -0.39 is 17.8 Å². The summed E-state index contributed by atoms with van der Waals surface area (Å²) in [4.78, 5) is 43.9. The molecule has 3 aromatic heterocycles. The van der Waals surface area contributed by atoms with Crippen LogP contribution in [0.25, 0.3) is 16.9 Å². The number of fused-ring (bicyclic) bond motifs is 1. The molecular weight excluding hydrogens is 597 g/mol. The molecule has 45 heavy (non-hydrogen) atoms. The van der Waals surface area contributed by atoms with Gasteiger partial charge in [-0.15, -0.1) is 0 Å². The summed E-state index contributed by atoms with van der Waals surface area (Å²) < 4.78 is 43.5. The molecule has 0 atom stereocenters. The van der Waals surface area contributed by atoms with Crippen molar-refractivity contribution in [3.8, 4) is 17.3 Å². The molecule has 14 nitrogen and oxygen atoms in total. The molecule has 4 heterocycles. The van der Waals surface area contributed by atoms with Gasteiger partial charge in [-0.25, -0.2) is 9.97 Å². The molecule has 5 N–H and O–H groups in total. The smallest absolute Gasteiger partial charge is 0.435 e.